The molecule has 76 valence electrons. The molecule has 0 saturated heterocycles. The molecule has 0 aromatic rings. The number of nitrogens with two attached hydrogens (primary N) is 1. The van der Waals surface area contributed by atoms with Crippen LogP contribution in [0.5, 0.6) is 0 Å². The van der Waals surface area contributed by atoms with Crippen molar-refractivity contribution in [2.75, 3.05) is 12.0 Å². The summed E-state index contributed by atoms with van der Waals surface area (Å²) in [5.74, 6) is 0.312. The maximum absolute atomic E-state index is 10.2. The van der Waals surface area contributed by atoms with E-state index in [2.05, 4.69) is 0 Å². The van der Waals surface area contributed by atoms with Crippen molar-refractivity contribution in [3.63, 3.8) is 0 Å². The molecule has 0 rings (SSSR count). The van der Waals surface area contributed by atoms with Crippen LogP contribution in [0, 0.1) is 0 Å². The van der Waals surface area contributed by atoms with E-state index in [4.69, 9.17) is 5.73 Å². The quantitative estimate of drug-likeness (QED) is 0.720. The topological polar surface area (TPSA) is 60.2 Å². The van der Waals surface area contributed by atoms with E-state index in [0.717, 1.165) is 6.42 Å². The van der Waals surface area contributed by atoms with E-state index in [1.807, 2.05) is 27.7 Å². The molecule has 3 nitrogen and oxygen atoms in total. The molecule has 0 aliphatic rings. The highest BCUT2D eigenvalue weighted by Crippen LogP contribution is 1.88. The van der Waals surface area contributed by atoms with Crippen LogP contribution in [0.1, 0.15) is 34.1 Å². The second-order valence-electron chi connectivity index (χ2n) is 4.00. The van der Waals surface area contributed by atoms with Crippen LogP contribution in [-0.2, 0) is 9.84 Å². The molecule has 0 amide bonds. The maximum atomic E-state index is 10.2. The summed E-state index contributed by atoms with van der Waals surface area (Å²) in [4.78, 5) is 0. The van der Waals surface area contributed by atoms with Crippen LogP contribution in [0.15, 0.2) is 0 Å². The predicted octanol–water partition coefficient (Wildman–Crippen LogP) is 1.18. The van der Waals surface area contributed by atoms with Crippen molar-refractivity contribution in [3.8, 4) is 0 Å². The smallest absolute Gasteiger partial charge is 0.147 e. The van der Waals surface area contributed by atoms with E-state index in [1.54, 1.807) is 0 Å². The highest BCUT2D eigenvalue weighted by Gasteiger charge is 1.95. The second-order valence-corrected chi connectivity index (χ2v) is 6.26. The fourth-order valence-electron chi connectivity index (χ4n) is 0.371. The summed E-state index contributed by atoms with van der Waals surface area (Å²) in [7, 11) is -2.67. The first kappa shape index (κ1) is 14.4. The van der Waals surface area contributed by atoms with Crippen molar-refractivity contribution < 1.29 is 8.42 Å². The van der Waals surface area contributed by atoms with Crippen molar-refractivity contribution in [2.24, 2.45) is 5.73 Å². The van der Waals surface area contributed by atoms with Crippen LogP contribution in [-0.4, -0.2) is 26.0 Å². The van der Waals surface area contributed by atoms with Gasteiger partial charge in [-0.2, -0.15) is 0 Å². The van der Waals surface area contributed by atoms with Crippen molar-refractivity contribution in [2.45, 2.75) is 39.7 Å². The van der Waals surface area contributed by atoms with Gasteiger partial charge in [0.25, 0.3) is 0 Å². The molecule has 0 radical (unpaired) electrons. The monoisotopic (exact) mass is 195 g/mol. The van der Waals surface area contributed by atoms with Gasteiger partial charge in [-0.3, -0.25) is 0 Å². The molecule has 0 aromatic heterocycles. The summed E-state index contributed by atoms with van der Waals surface area (Å²) in [6.07, 6.45) is 1.97. The lowest BCUT2D eigenvalue weighted by atomic mass is 10.1. The number of sulfone groups is 1. The zero-order valence-electron chi connectivity index (χ0n) is 8.72. The SMILES string of the molecule is CC(C)(C)N.CCCS(C)(=O)=O. The van der Waals surface area contributed by atoms with Gasteiger partial charge in [-0.25, -0.2) is 8.42 Å². The molecule has 0 unspecified atom stereocenters. The molecule has 0 aromatic carbocycles. The molecular formula is C8H21NO2S. The first-order valence-corrected chi connectivity index (χ1v) is 6.09. The Morgan fingerprint density at radius 1 is 1.25 bits per heavy atom. The van der Waals surface area contributed by atoms with Crippen LogP contribution in [0.3, 0.4) is 0 Å². The van der Waals surface area contributed by atoms with Crippen molar-refractivity contribution in [1.82, 2.24) is 0 Å². The van der Waals surface area contributed by atoms with Gasteiger partial charge in [-0.05, 0) is 27.2 Å². The maximum Gasteiger partial charge on any atom is 0.147 e. The average Bonchev–Trinajstić information content (AvgIpc) is 1.54. The number of hydrogen-bond acceptors (Lipinski definition) is 3. The molecule has 12 heavy (non-hydrogen) atoms. The summed E-state index contributed by atoms with van der Waals surface area (Å²) in [5.41, 5.74) is 5.35. The molecule has 4 heteroatoms. The van der Waals surface area contributed by atoms with E-state index in [-0.39, 0.29) is 5.54 Å². The summed E-state index contributed by atoms with van der Waals surface area (Å²) in [6.45, 7) is 7.74. The lowest BCUT2D eigenvalue weighted by Crippen LogP contribution is -2.26. The van der Waals surface area contributed by atoms with Gasteiger partial charge >= 0.3 is 0 Å². The molecule has 0 bridgehead atoms. The van der Waals surface area contributed by atoms with Crippen molar-refractivity contribution in [3.05, 3.63) is 0 Å². The molecule has 0 fully saturated rings. The van der Waals surface area contributed by atoms with E-state index in [9.17, 15) is 8.42 Å². The Balaban J connectivity index is 0. The van der Waals surface area contributed by atoms with Gasteiger partial charge in [0.1, 0.15) is 9.84 Å². The summed E-state index contributed by atoms with van der Waals surface area (Å²) < 4.78 is 20.5. The lowest BCUT2D eigenvalue weighted by Gasteiger charge is -2.06. The van der Waals surface area contributed by atoms with Gasteiger partial charge < -0.3 is 5.73 Å². The number of rotatable bonds is 2. The van der Waals surface area contributed by atoms with Crippen LogP contribution < -0.4 is 5.73 Å². The molecule has 0 aliphatic carbocycles. The Kier molecular flexibility index (Phi) is 6.66. The van der Waals surface area contributed by atoms with Crippen LogP contribution in [0.2, 0.25) is 0 Å². The van der Waals surface area contributed by atoms with Crippen LogP contribution in [0.25, 0.3) is 0 Å². The van der Waals surface area contributed by atoms with Crippen molar-refractivity contribution in [1.29, 1.82) is 0 Å². The Bertz CT molecular complexity index is 184. The zero-order chi connectivity index (χ0) is 10.4. The molecule has 0 atom stereocenters. The number of hydrogen-bond donors (Lipinski definition) is 1. The largest absolute Gasteiger partial charge is 0.326 e. The summed E-state index contributed by atoms with van der Waals surface area (Å²) in [5, 5.41) is 0. The molecule has 0 heterocycles. The fourth-order valence-corrected chi connectivity index (χ4v) is 1.11. The third-order valence-electron chi connectivity index (χ3n) is 0.575. The van der Waals surface area contributed by atoms with E-state index in [1.165, 1.54) is 6.26 Å². The van der Waals surface area contributed by atoms with Gasteiger partial charge in [-0.15, -0.1) is 0 Å². The summed E-state index contributed by atoms with van der Waals surface area (Å²) in [6, 6.07) is 0. The minimum absolute atomic E-state index is 0. The molecular weight excluding hydrogens is 174 g/mol. The first-order valence-electron chi connectivity index (χ1n) is 4.03. The highest BCUT2D eigenvalue weighted by molar-refractivity contribution is 7.90. The molecule has 0 spiro atoms. The van der Waals surface area contributed by atoms with Gasteiger partial charge in [0.2, 0.25) is 0 Å². The normalized spacial score (nSPS) is 11.8. The standard InChI is InChI=1S/C4H11N.C4H10O2S/c1-4(2,3)5;1-3-4-7(2,5)6/h5H2,1-3H3;3-4H2,1-2H3. The van der Waals surface area contributed by atoms with E-state index >= 15 is 0 Å². The predicted molar refractivity (Wildman–Crippen MR) is 53.9 cm³/mol. The molecule has 2 N–H and O–H groups in total. The summed E-state index contributed by atoms with van der Waals surface area (Å²) >= 11 is 0. The van der Waals surface area contributed by atoms with Gasteiger partial charge in [0.05, 0.1) is 0 Å². The van der Waals surface area contributed by atoms with Crippen LogP contribution >= 0.6 is 0 Å². The highest BCUT2D eigenvalue weighted by atomic mass is 32.2. The van der Waals surface area contributed by atoms with Gasteiger partial charge in [0, 0.05) is 17.5 Å². The molecule has 0 aliphatic heterocycles. The second kappa shape index (κ2) is 5.54. The van der Waals surface area contributed by atoms with E-state index in [0.29, 0.717) is 5.75 Å². The van der Waals surface area contributed by atoms with Crippen molar-refractivity contribution >= 4 is 9.84 Å². The Morgan fingerprint density at radius 3 is 1.50 bits per heavy atom. The Morgan fingerprint density at radius 2 is 1.50 bits per heavy atom. The van der Waals surface area contributed by atoms with Gasteiger partial charge in [0.15, 0.2) is 0 Å². The molecule has 0 saturated carbocycles. The Hall–Kier alpha value is -0.0900. The Labute approximate surface area is 76.3 Å². The zero-order valence-corrected chi connectivity index (χ0v) is 9.53. The third-order valence-corrected chi connectivity index (χ3v) is 1.72. The first-order chi connectivity index (χ1) is 5.06. The fraction of sp³-hybridized carbons (Fsp3) is 1.00. The minimum atomic E-state index is -2.67. The van der Waals surface area contributed by atoms with Gasteiger partial charge in [-0.1, -0.05) is 6.92 Å². The lowest BCUT2D eigenvalue weighted by molar-refractivity contribution is 0.580. The van der Waals surface area contributed by atoms with Crippen LogP contribution in [0.4, 0.5) is 0 Å². The average molecular weight is 195 g/mol. The third kappa shape index (κ3) is 51.5. The van der Waals surface area contributed by atoms with E-state index < -0.39 is 9.84 Å². The minimum Gasteiger partial charge on any atom is -0.326 e.